The minimum Gasteiger partial charge on any atom is -0.496 e. The molecule has 2 nitrogen and oxygen atoms in total. The fraction of sp³-hybridized carbons (Fsp3) is 0.217. The van der Waals surface area contributed by atoms with E-state index >= 15 is 0 Å². The van der Waals surface area contributed by atoms with Crippen molar-refractivity contribution < 1.29 is 4.74 Å². The van der Waals surface area contributed by atoms with Gasteiger partial charge in [-0.2, -0.15) is 0 Å². The molecule has 1 heterocycles. The zero-order valence-electron chi connectivity index (χ0n) is 14.6. The quantitative estimate of drug-likeness (QED) is 0.364. The third-order valence-electron chi connectivity index (χ3n) is 5.79. The van der Waals surface area contributed by atoms with Crippen LogP contribution >= 0.6 is 22.6 Å². The van der Waals surface area contributed by atoms with Crippen molar-refractivity contribution >= 4 is 39.1 Å². The van der Waals surface area contributed by atoms with E-state index in [0.29, 0.717) is 11.8 Å². The van der Waals surface area contributed by atoms with Gasteiger partial charge in [0.25, 0.3) is 0 Å². The lowest BCUT2D eigenvalue weighted by atomic mass is 9.76. The minimum atomic E-state index is 0.239. The average Bonchev–Trinajstić information content (AvgIpc) is 3.17. The number of benzene rings is 3. The molecular weight excluding hydrogens is 433 g/mol. The summed E-state index contributed by atoms with van der Waals surface area (Å²) in [6, 6.07) is 19.9. The molecule has 5 rings (SSSR count). The molecule has 0 spiro atoms. The predicted molar refractivity (Wildman–Crippen MR) is 116 cm³/mol. The van der Waals surface area contributed by atoms with Gasteiger partial charge in [-0.3, -0.25) is 0 Å². The zero-order valence-corrected chi connectivity index (χ0v) is 16.7. The molecule has 1 aliphatic heterocycles. The SMILES string of the molecule is COc1ccc2ccccc2c1C1Nc2ccc(I)cc2C2C=CCC21. The Morgan fingerprint density at radius 3 is 2.85 bits per heavy atom. The maximum atomic E-state index is 5.80. The van der Waals surface area contributed by atoms with Crippen molar-refractivity contribution in [3.8, 4) is 5.75 Å². The minimum absolute atomic E-state index is 0.239. The van der Waals surface area contributed by atoms with Gasteiger partial charge in [0, 0.05) is 20.7 Å². The summed E-state index contributed by atoms with van der Waals surface area (Å²) in [4.78, 5) is 0. The van der Waals surface area contributed by atoms with E-state index in [9.17, 15) is 0 Å². The van der Waals surface area contributed by atoms with Crippen LogP contribution in [0.2, 0.25) is 0 Å². The number of ether oxygens (including phenoxy) is 1. The molecule has 1 N–H and O–H groups in total. The summed E-state index contributed by atoms with van der Waals surface area (Å²) in [5.74, 6) is 1.95. The fourth-order valence-corrected chi connectivity index (χ4v) is 5.14. The van der Waals surface area contributed by atoms with Crippen molar-refractivity contribution in [3.63, 3.8) is 0 Å². The third kappa shape index (κ3) is 2.44. The molecule has 2 aliphatic rings. The average molecular weight is 453 g/mol. The Labute approximate surface area is 167 Å². The van der Waals surface area contributed by atoms with E-state index in [1.54, 1.807) is 7.11 Å². The van der Waals surface area contributed by atoms with E-state index in [0.717, 1.165) is 12.2 Å². The Kier molecular flexibility index (Phi) is 3.92. The van der Waals surface area contributed by atoms with Gasteiger partial charge in [-0.15, -0.1) is 0 Å². The highest BCUT2D eigenvalue weighted by Crippen LogP contribution is 2.52. The van der Waals surface area contributed by atoms with Crippen LogP contribution in [0.3, 0.4) is 0 Å². The summed E-state index contributed by atoms with van der Waals surface area (Å²) < 4.78 is 7.10. The number of allylic oxidation sites excluding steroid dienone is 2. The molecule has 0 fully saturated rings. The van der Waals surface area contributed by atoms with E-state index < -0.39 is 0 Å². The van der Waals surface area contributed by atoms with E-state index in [-0.39, 0.29) is 6.04 Å². The number of nitrogens with one attached hydrogen (secondary N) is 1. The van der Waals surface area contributed by atoms with Gasteiger partial charge in [-0.05, 0) is 75.5 Å². The lowest BCUT2D eigenvalue weighted by Crippen LogP contribution is -2.29. The molecule has 0 bridgehead atoms. The highest BCUT2D eigenvalue weighted by Gasteiger charge is 2.39. The largest absolute Gasteiger partial charge is 0.496 e. The summed E-state index contributed by atoms with van der Waals surface area (Å²) in [5.41, 5.74) is 3.96. The van der Waals surface area contributed by atoms with Crippen LogP contribution in [0, 0.1) is 9.49 Å². The molecule has 3 aromatic rings. The fourth-order valence-electron chi connectivity index (χ4n) is 4.63. The third-order valence-corrected chi connectivity index (χ3v) is 6.46. The van der Waals surface area contributed by atoms with Gasteiger partial charge in [0.15, 0.2) is 0 Å². The second kappa shape index (κ2) is 6.31. The van der Waals surface area contributed by atoms with Crippen LogP contribution in [0.15, 0.2) is 66.7 Å². The second-order valence-electron chi connectivity index (χ2n) is 7.11. The molecule has 0 radical (unpaired) electrons. The first kappa shape index (κ1) is 16.2. The van der Waals surface area contributed by atoms with E-state index in [4.69, 9.17) is 4.74 Å². The Balaban J connectivity index is 1.72. The summed E-state index contributed by atoms with van der Waals surface area (Å²) >= 11 is 2.41. The first-order chi connectivity index (χ1) is 12.8. The molecule has 0 aromatic heterocycles. The molecule has 26 heavy (non-hydrogen) atoms. The molecule has 3 unspecified atom stereocenters. The predicted octanol–water partition coefficient (Wildman–Crippen LogP) is 6.28. The maximum Gasteiger partial charge on any atom is 0.124 e. The van der Waals surface area contributed by atoms with Crippen LogP contribution in [0.4, 0.5) is 5.69 Å². The Morgan fingerprint density at radius 1 is 1.08 bits per heavy atom. The Bertz CT molecular complexity index is 1030. The van der Waals surface area contributed by atoms with Crippen molar-refractivity contribution in [2.45, 2.75) is 18.4 Å². The van der Waals surface area contributed by atoms with E-state index in [1.165, 1.54) is 31.2 Å². The molecule has 3 atom stereocenters. The number of halogens is 1. The number of hydrogen-bond donors (Lipinski definition) is 1. The molecule has 0 saturated carbocycles. The van der Waals surface area contributed by atoms with Crippen molar-refractivity contribution in [2.24, 2.45) is 5.92 Å². The monoisotopic (exact) mass is 453 g/mol. The van der Waals surface area contributed by atoms with Crippen molar-refractivity contribution in [3.05, 3.63) is 81.4 Å². The topological polar surface area (TPSA) is 21.3 Å². The lowest BCUT2D eigenvalue weighted by molar-refractivity contribution is 0.383. The second-order valence-corrected chi connectivity index (χ2v) is 8.36. The summed E-state index contributed by atoms with van der Waals surface area (Å²) in [5, 5.41) is 6.40. The van der Waals surface area contributed by atoms with Crippen LogP contribution in [0.1, 0.15) is 29.5 Å². The summed E-state index contributed by atoms with van der Waals surface area (Å²) in [6.07, 6.45) is 5.83. The summed E-state index contributed by atoms with van der Waals surface area (Å²) in [6.45, 7) is 0. The molecule has 0 saturated heterocycles. The van der Waals surface area contributed by atoms with Gasteiger partial charge in [0.1, 0.15) is 5.75 Å². The maximum absolute atomic E-state index is 5.80. The number of fused-ring (bicyclic) bond motifs is 4. The van der Waals surface area contributed by atoms with Crippen molar-refractivity contribution in [1.82, 2.24) is 0 Å². The smallest absolute Gasteiger partial charge is 0.124 e. The van der Waals surface area contributed by atoms with Gasteiger partial charge < -0.3 is 10.1 Å². The Hall–Kier alpha value is -2.01. The van der Waals surface area contributed by atoms with Crippen molar-refractivity contribution in [2.75, 3.05) is 12.4 Å². The zero-order chi connectivity index (χ0) is 17.7. The molecule has 3 heteroatoms. The van der Waals surface area contributed by atoms with Gasteiger partial charge in [-0.25, -0.2) is 0 Å². The first-order valence-corrected chi connectivity index (χ1v) is 10.1. The molecular formula is C23H20INO. The first-order valence-electron chi connectivity index (χ1n) is 9.04. The number of hydrogen-bond acceptors (Lipinski definition) is 2. The molecule has 3 aromatic carbocycles. The highest BCUT2D eigenvalue weighted by atomic mass is 127. The van der Waals surface area contributed by atoms with Gasteiger partial charge in [0.2, 0.25) is 0 Å². The van der Waals surface area contributed by atoms with Crippen LogP contribution < -0.4 is 10.1 Å². The standard InChI is InChI=1S/C23H20INO/c1-26-21-12-9-14-5-2-3-6-16(14)22(21)23-18-8-4-7-17(18)19-13-15(24)10-11-20(19)25-23/h2-7,9-13,17-18,23,25H,8H2,1H3. The molecule has 130 valence electrons. The van der Waals surface area contributed by atoms with Gasteiger partial charge in [-0.1, -0.05) is 42.5 Å². The van der Waals surface area contributed by atoms with Crippen molar-refractivity contribution in [1.29, 1.82) is 0 Å². The number of methoxy groups -OCH3 is 1. The molecule has 0 amide bonds. The van der Waals surface area contributed by atoms with Gasteiger partial charge in [0.05, 0.1) is 13.2 Å². The van der Waals surface area contributed by atoms with Gasteiger partial charge >= 0.3 is 0 Å². The normalized spacial score (nSPS) is 23.4. The molecule has 1 aliphatic carbocycles. The summed E-state index contributed by atoms with van der Waals surface area (Å²) in [7, 11) is 1.77. The number of rotatable bonds is 2. The lowest BCUT2D eigenvalue weighted by Gasteiger charge is -2.38. The van der Waals surface area contributed by atoms with Crippen LogP contribution in [-0.4, -0.2) is 7.11 Å². The number of anilines is 1. The van der Waals surface area contributed by atoms with Crippen LogP contribution in [-0.2, 0) is 0 Å². The van der Waals surface area contributed by atoms with Crippen LogP contribution in [0.25, 0.3) is 10.8 Å². The Morgan fingerprint density at radius 2 is 1.96 bits per heavy atom. The highest BCUT2D eigenvalue weighted by molar-refractivity contribution is 14.1. The van der Waals surface area contributed by atoms with Crippen LogP contribution in [0.5, 0.6) is 5.75 Å². The van der Waals surface area contributed by atoms with E-state index in [1.807, 2.05) is 0 Å². The van der Waals surface area contributed by atoms with E-state index in [2.05, 4.69) is 94.7 Å².